The molecule has 0 saturated carbocycles. The van der Waals surface area contributed by atoms with E-state index in [4.69, 9.17) is 4.74 Å². The summed E-state index contributed by atoms with van der Waals surface area (Å²) in [5.41, 5.74) is 5.03. The lowest BCUT2D eigenvalue weighted by Gasteiger charge is -2.15. The average molecular weight is 481 g/mol. The zero-order valence-corrected chi connectivity index (χ0v) is 20.8. The Hall–Kier alpha value is -2.73. The highest BCUT2D eigenvalue weighted by molar-refractivity contribution is 7.99. The number of hydrogen-bond donors (Lipinski definition) is 1. The van der Waals surface area contributed by atoms with Gasteiger partial charge in [-0.25, -0.2) is 0 Å². The zero-order valence-electron chi connectivity index (χ0n) is 19.1. The first-order valence-corrected chi connectivity index (χ1v) is 14.1. The van der Waals surface area contributed by atoms with Gasteiger partial charge < -0.3 is 10.1 Å². The van der Waals surface area contributed by atoms with Gasteiger partial charge in [0, 0.05) is 35.7 Å². The molecule has 4 rings (SSSR count). The van der Waals surface area contributed by atoms with E-state index in [2.05, 4.69) is 45.7 Å². The summed E-state index contributed by atoms with van der Waals surface area (Å²) in [6.45, 7) is 4.56. The van der Waals surface area contributed by atoms with Gasteiger partial charge in [0.15, 0.2) is 0 Å². The molecule has 1 aromatic heterocycles. The fourth-order valence-corrected chi connectivity index (χ4v) is 5.51. The lowest BCUT2D eigenvalue weighted by atomic mass is 10.0. The van der Waals surface area contributed by atoms with Gasteiger partial charge >= 0.3 is 0 Å². The molecule has 1 unspecified atom stereocenters. The van der Waals surface area contributed by atoms with E-state index in [1.165, 1.54) is 22.5 Å². The number of ether oxygens (including phenoxy) is 1. The van der Waals surface area contributed by atoms with Crippen molar-refractivity contribution in [2.24, 2.45) is 0 Å². The lowest BCUT2D eigenvalue weighted by molar-refractivity contribution is 0.242. The van der Waals surface area contributed by atoms with E-state index in [9.17, 15) is 9.47 Å². The standard InChI is InChI=1S/C25H28N4O2S2/c1-16(2)31-23-11-8-17(14-18(23)15-26)24-28-29-25(32-24)21-7-5-6-20-19(21)9-10-22(20)27-12-13-33(3,4)30/h5-8,11,14,16,22,27H,3,9-10,12-13H2,1-2,4H3/t22-,33?/m1/s1. The molecule has 2 atom stereocenters. The van der Waals surface area contributed by atoms with Gasteiger partial charge in [-0.15, -0.1) is 10.2 Å². The minimum atomic E-state index is -1.99. The summed E-state index contributed by atoms with van der Waals surface area (Å²) >= 11 is 1.53. The second-order valence-corrected chi connectivity index (χ2v) is 12.5. The molecule has 33 heavy (non-hydrogen) atoms. The van der Waals surface area contributed by atoms with Crippen molar-refractivity contribution in [3.63, 3.8) is 0 Å². The Morgan fingerprint density at radius 1 is 1.30 bits per heavy atom. The Balaban J connectivity index is 1.57. The van der Waals surface area contributed by atoms with E-state index in [1.54, 1.807) is 6.26 Å². The van der Waals surface area contributed by atoms with Gasteiger partial charge in [0.25, 0.3) is 0 Å². The van der Waals surface area contributed by atoms with Crippen LogP contribution in [0, 0.1) is 11.3 Å². The van der Waals surface area contributed by atoms with E-state index >= 15 is 0 Å². The predicted octanol–water partition coefficient (Wildman–Crippen LogP) is 4.45. The summed E-state index contributed by atoms with van der Waals surface area (Å²) < 4.78 is 17.6. The minimum absolute atomic E-state index is 0.000665. The van der Waals surface area contributed by atoms with Gasteiger partial charge in [0.2, 0.25) is 0 Å². The maximum Gasteiger partial charge on any atom is 0.148 e. The summed E-state index contributed by atoms with van der Waals surface area (Å²) in [4.78, 5) is 0. The Labute approximate surface area is 199 Å². The molecule has 0 aliphatic heterocycles. The SMILES string of the molecule is C=S(C)(=O)CCN[C@@H]1CCc2c(-c3nnc(-c4ccc(OC(C)C)c(C#N)c4)s3)cccc21. The number of nitriles is 1. The molecule has 2 aromatic carbocycles. The van der Waals surface area contributed by atoms with E-state index < -0.39 is 9.52 Å². The van der Waals surface area contributed by atoms with Crippen molar-refractivity contribution >= 4 is 26.7 Å². The zero-order chi connectivity index (χ0) is 23.6. The van der Waals surface area contributed by atoms with Crippen LogP contribution in [0.2, 0.25) is 0 Å². The molecule has 6 nitrogen and oxygen atoms in total. The summed E-state index contributed by atoms with van der Waals surface area (Å²) in [5, 5.41) is 23.6. The molecule has 1 heterocycles. The molecule has 1 N–H and O–H groups in total. The van der Waals surface area contributed by atoms with Crippen molar-refractivity contribution in [1.82, 2.24) is 15.5 Å². The van der Waals surface area contributed by atoms with Gasteiger partial charge in [-0.05, 0) is 71.4 Å². The van der Waals surface area contributed by atoms with Crippen LogP contribution in [-0.4, -0.2) is 44.9 Å². The summed E-state index contributed by atoms with van der Waals surface area (Å²) in [6.07, 6.45) is 3.67. The number of fused-ring (bicyclic) bond motifs is 1. The van der Waals surface area contributed by atoms with E-state index in [0.29, 0.717) is 23.6 Å². The van der Waals surface area contributed by atoms with Crippen molar-refractivity contribution in [3.05, 3.63) is 53.1 Å². The van der Waals surface area contributed by atoms with E-state index in [0.717, 1.165) is 34.0 Å². The van der Waals surface area contributed by atoms with Crippen molar-refractivity contribution in [2.45, 2.75) is 38.8 Å². The normalized spacial score (nSPS) is 16.9. The van der Waals surface area contributed by atoms with Gasteiger partial charge in [-0.3, -0.25) is 4.21 Å². The lowest BCUT2D eigenvalue weighted by Crippen LogP contribution is -2.25. The molecule has 8 heteroatoms. The van der Waals surface area contributed by atoms with Crippen molar-refractivity contribution in [2.75, 3.05) is 18.6 Å². The van der Waals surface area contributed by atoms with E-state index in [1.807, 2.05) is 32.0 Å². The van der Waals surface area contributed by atoms with Gasteiger partial charge in [0.1, 0.15) is 21.8 Å². The molecule has 0 saturated heterocycles. The maximum absolute atomic E-state index is 11.9. The van der Waals surface area contributed by atoms with Crippen LogP contribution in [0.1, 0.15) is 43.0 Å². The first-order valence-electron chi connectivity index (χ1n) is 11.0. The fourth-order valence-electron chi connectivity index (χ4n) is 4.07. The Morgan fingerprint density at radius 3 is 2.82 bits per heavy atom. The summed E-state index contributed by atoms with van der Waals surface area (Å²) in [7, 11) is -1.99. The Morgan fingerprint density at radius 2 is 2.09 bits per heavy atom. The second kappa shape index (κ2) is 9.64. The van der Waals surface area contributed by atoms with Crippen molar-refractivity contribution < 1.29 is 8.95 Å². The third-order valence-corrected chi connectivity index (χ3v) is 7.63. The predicted molar refractivity (Wildman–Crippen MR) is 136 cm³/mol. The smallest absolute Gasteiger partial charge is 0.148 e. The van der Waals surface area contributed by atoms with Crippen LogP contribution in [0.3, 0.4) is 0 Å². The molecule has 0 fully saturated rings. The largest absolute Gasteiger partial charge is 0.490 e. The molecule has 172 valence electrons. The molecular formula is C25H28N4O2S2. The van der Waals surface area contributed by atoms with Crippen LogP contribution >= 0.6 is 11.3 Å². The molecule has 3 aromatic rings. The van der Waals surface area contributed by atoms with Crippen LogP contribution in [0.15, 0.2) is 36.4 Å². The van der Waals surface area contributed by atoms with Gasteiger partial charge in [-0.2, -0.15) is 5.26 Å². The second-order valence-electron chi connectivity index (χ2n) is 8.71. The molecule has 0 radical (unpaired) electrons. The number of aromatic nitrogens is 2. The molecule has 0 amide bonds. The van der Waals surface area contributed by atoms with Gasteiger partial charge in [-0.1, -0.05) is 29.5 Å². The summed E-state index contributed by atoms with van der Waals surface area (Å²) in [5.74, 6) is 4.89. The quantitative estimate of drug-likeness (QED) is 0.479. The van der Waals surface area contributed by atoms with Crippen LogP contribution in [-0.2, 0) is 15.9 Å². The third-order valence-electron chi connectivity index (χ3n) is 5.56. The van der Waals surface area contributed by atoms with Crippen molar-refractivity contribution in [3.8, 4) is 33.0 Å². The molecule has 1 aliphatic rings. The third kappa shape index (κ3) is 5.44. The average Bonchev–Trinajstić information content (AvgIpc) is 3.40. The maximum atomic E-state index is 11.9. The molecule has 0 spiro atoms. The number of rotatable bonds is 8. The molecular weight excluding hydrogens is 452 g/mol. The van der Waals surface area contributed by atoms with Crippen molar-refractivity contribution in [1.29, 1.82) is 5.26 Å². The number of benzene rings is 2. The Kier molecular flexibility index (Phi) is 6.84. The first kappa shape index (κ1) is 23.4. The highest BCUT2D eigenvalue weighted by Gasteiger charge is 2.26. The summed E-state index contributed by atoms with van der Waals surface area (Å²) in [6, 6.07) is 14.3. The van der Waals surface area contributed by atoms with Crippen LogP contribution in [0.5, 0.6) is 5.75 Å². The Bertz CT molecular complexity index is 1310. The van der Waals surface area contributed by atoms with Crippen LogP contribution in [0.4, 0.5) is 0 Å². The van der Waals surface area contributed by atoms with Crippen LogP contribution < -0.4 is 10.1 Å². The van der Waals surface area contributed by atoms with Gasteiger partial charge in [0.05, 0.1) is 11.7 Å². The number of nitrogens with one attached hydrogen (secondary N) is 1. The number of nitrogens with zero attached hydrogens (tertiary/aromatic N) is 3. The van der Waals surface area contributed by atoms with E-state index in [-0.39, 0.29) is 12.1 Å². The highest BCUT2D eigenvalue weighted by Crippen LogP contribution is 2.40. The minimum Gasteiger partial charge on any atom is -0.490 e. The monoisotopic (exact) mass is 480 g/mol. The topological polar surface area (TPSA) is 87.9 Å². The van der Waals surface area contributed by atoms with Crippen LogP contribution in [0.25, 0.3) is 21.1 Å². The highest BCUT2D eigenvalue weighted by atomic mass is 32.2. The number of hydrogen-bond acceptors (Lipinski definition) is 7. The first-order chi connectivity index (χ1) is 15.7. The fraction of sp³-hybridized carbons (Fsp3) is 0.360. The molecule has 1 aliphatic carbocycles. The molecule has 0 bridgehead atoms.